The molecular formula is C14H20N2O. The van der Waals surface area contributed by atoms with Gasteiger partial charge in [0.05, 0.1) is 0 Å². The highest BCUT2D eigenvalue weighted by Gasteiger charge is 2.30. The summed E-state index contributed by atoms with van der Waals surface area (Å²) < 4.78 is 0. The molecule has 17 heavy (non-hydrogen) atoms. The second-order valence-electron chi connectivity index (χ2n) is 5.04. The number of carbonyl (C=O) groups excluding carboxylic acids is 1. The predicted octanol–water partition coefficient (Wildman–Crippen LogP) is 2.29. The van der Waals surface area contributed by atoms with Crippen LogP contribution >= 0.6 is 0 Å². The number of carbonyl (C=O) groups is 1. The van der Waals surface area contributed by atoms with Gasteiger partial charge < -0.3 is 10.6 Å². The number of para-hydroxylation sites is 1. The monoisotopic (exact) mass is 232 g/mol. The molecule has 0 bridgehead atoms. The molecule has 1 aliphatic heterocycles. The minimum Gasteiger partial charge on any atom is -0.326 e. The summed E-state index contributed by atoms with van der Waals surface area (Å²) in [6.07, 6.45) is 2.23. The van der Waals surface area contributed by atoms with Gasteiger partial charge in [0.25, 0.3) is 0 Å². The summed E-state index contributed by atoms with van der Waals surface area (Å²) in [5.74, 6) is -0.00464. The number of amides is 1. The second kappa shape index (κ2) is 4.88. The van der Waals surface area contributed by atoms with E-state index in [1.807, 2.05) is 18.2 Å². The minimum absolute atomic E-state index is 0.00464. The summed E-state index contributed by atoms with van der Waals surface area (Å²) in [6.45, 7) is 5.94. The number of anilines is 1. The molecule has 1 amide bonds. The maximum absolute atomic E-state index is 11.2. The van der Waals surface area contributed by atoms with Crippen molar-refractivity contribution in [1.82, 2.24) is 5.32 Å². The third kappa shape index (κ3) is 2.67. The zero-order valence-corrected chi connectivity index (χ0v) is 10.5. The van der Waals surface area contributed by atoms with Gasteiger partial charge in [0.1, 0.15) is 0 Å². The van der Waals surface area contributed by atoms with Gasteiger partial charge in [0, 0.05) is 12.6 Å². The van der Waals surface area contributed by atoms with Gasteiger partial charge in [-0.15, -0.1) is 0 Å². The standard InChI is InChI=1S/C14H20N2O/c1-11(17)16-13-6-4-3-5-12(13)14(2)7-9-15-10-8-14/h3-6,15H,7-10H2,1-2H3,(H,16,17). The summed E-state index contributed by atoms with van der Waals surface area (Å²) in [5.41, 5.74) is 2.39. The summed E-state index contributed by atoms with van der Waals surface area (Å²) >= 11 is 0. The van der Waals surface area contributed by atoms with Gasteiger partial charge in [0.2, 0.25) is 5.91 Å². The molecule has 1 aliphatic rings. The lowest BCUT2D eigenvalue weighted by Crippen LogP contribution is -2.38. The lowest BCUT2D eigenvalue weighted by molar-refractivity contribution is -0.114. The lowest BCUT2D eigenvalue weighted by Gasteiger charge is -2.36. The Morgan fingerprint density at radius 1 is 1.29 bits per heavy atom. The first kappa shape index (κ1) is 12.1. The Morgan fingerprint density at radius 2 is 1.94 bits per heavy atom. The van der Waals surface area contributed by atoms with Gasteiger partial charge in [-0.05, 0) is 43.0 Å². The largest absolute Gasteiger partial charge is 0.326 e. The maximum atomic E-state index is 11.2. The van der Waals surface area contributed by atoms with Crippen molar-refractivity contribution in [2.45, 2.75) is 32.1 Å². The second-order valence-corrected chi connectivity index (χ2v) is 5.04. The van der Waals surface area contributed by atoms with Gasteiger partial charge >= 0.3 is 0 Å². The first-order chi connectivity index (χ1) is 8.12. The highest BCUT2D eigenvalue weighted by Crippen LogP contribution is 2.37. The molecule has 1 fully saturated rings. The molecule has 3 heteroatoms. The Kier molecular flexibility index (Phi) is 3.48. The van der Waals surface area contributed by atoms with Crippen LogP contribution < -0.4 is 10.6 Å². The zero-order valence-electron chi connectivity index (χ0n) is 10.5. The van der Waals surface area contributed by atoms with Crippen molar-refractivity contribution < 1.29 is 4.79 Å². The first-order valence-electron chi connectivity index (χ1n) is 6.20. The van der Waals surface area contributed by atoms with Crippen LogP contribution in [0.2, 0.25) is 0 Å². The number of benzene rings is 1. The zero-order chi connectivity index (χ0) is 12.3. The molecule has 1 aromatic rings. The van der Waals surface area contributed by atoms with E-state index in [0.717, 1.165) is 31.6 Å². The third-order valence-electron chi connectivity index (χ3n) is 3.60. The molecule has 0 atom stereocenters. The van der Waals surface area contributed by atoms with Crippen LogP contribution in [0.1, 0.15) is 32.3 Å². The summed E-state index contributed by atoms with van der Waals surface area (Å²) in [6, 6.07) is 8.15. The van der Waals surface area contributed by atoms with E-state index in [2.05, 4.69) is 23.6 Å². The van der Waals surface area contributed by atoms with E-state index in [-0.39, 0.29) is 11.3 Å². The fourth-order valence-corrected chi connectivity index (χ4v) is 2.56. The van der Waals surface area contributed by atoms with Crippen molar-refractivity contribution in [2.24, 2.45) is 0 Å². The first-order valence-corrected chi connectivity index (χ1v) is 6.20. The highest BCUT2D eigenvalue weighted by molar-refractivity contribution is 5.89. The molecule has 2 rings (SSSR count). The van der Waals surface area contributed by atoms with Gasteiger partial charge in [-0.3, -0.25) is 4.79 Å². The number of hydrogen-bond donors (Lipinski definition) is 2. The summed E-state index contributed by atoms with van der Waals surface area (Å²) in [4.78, 5) is 11.2. The van der Waals surface area contributed by atoms with Gasteiger partial charge in [0.15, 0.2) is 0 Å². The van der Waals surface area contributed by atoms with Crippen LogP contribution in [0.3, 0.4) is 0 Å². The smallest absolute Gasteiger partial charge is 0.221 e. The van der Waals surface area contributed by atoms with Crippen LogP contribution in [0.15, 0.2) is 24.3 Å². The van der Waals surface area contributed by atoms with Crippen LogP contribution in [-0.4, -0.2) is 19.0 Å². The molecule has 1 heterocycles. The molecule has 0 aliphatic carbocycles. The number of nitrogens with one attached hydrogen (secondary N) is 2. The Hall–Kier alpha value is -1.35. The predicted molar refractivity (Wildman–Crippen MR) is 70.2 cm³/mol. The summed E-state index contributed by atoms with van der Waals surface area (Å²) in [7, 11) is 0. The van der Waals surface area contributed by atoms with E-state index in [1.54, 1.807) is 6.92 Å². The van der Waals surface area contributed by atoms with Crippen LogP contribution in [0.25, 0.3) is 0 Å². The molecule has 0 saturated carbocycles. The van der Waals surface area contributed by atoms with Crippen molar-refractivity contribution >= 4 is 11.6 Å². The topological polar surface area (TPSA) is 41.1 Å². The maximum Gasteiger partial charge on any atom is 0.221 e. The van der Waals surface area contributed by atoms with E-state index in [0.29, 0.717) is 0 Å². The number of rotatable bonds is 2. The summed E-state index contributed by atoms with van der Waals surface area (Å²) in [5, 5.41) is 6.32. The van der Waals surface area contributed by atoms with Crippen LogP contribution in [0.5, 0.6) is 0 Å². The minimum atomic E-state index is -0.00464. The number of piperidine rings is 1. The van der Waals surface area contributed by atoms with Gasteiger partial charge in [-0.25, -0.2) is 0 Å². The molecule has 0 aromatic heterocycles. The lowest BCUT2D eigenvalue weighted by atomic mass is 9.74. The van der Waals surface area contributed by atoms with E-state index in [4.69, 9.17) is 0 Å². The van der Waals surface area contributed by atoms with E-state index in [1.165, 1.54) is 5.56 Å². The van der Waals surface area contributed by atoms with Crippen molar-refractivity contribution in [3.63, 3.8) is 0 Å². The Bertz CT molecular complexity index is 408. The van der Waals surface area contributed by atoms with E-state index in [9.17, 15) is 4.79 Å². The fourth-order valence-electron chi connectivity index (χ4n) is 2.56. The quantitative estimate of drug-likeness (QED) is 0.821. The molecule has 1 saturated heterocycles. The third-order valence-corrected chi connectivity index (χ3v) is 3.60. The van der Waals surface area contributed by atoms with Crippen LogP contribution in [0.4, 0.5) is 5.69 Å². The normalized spacial score (nSPS) is 18.7. The van der Waals surface area contributed by atoms with Gasteiger partial charge in [-0.2, -0.15) is 0 Å². The molecule has 92 valence electrons. The van der Waals surface area contributed by atoms with Crippen LogP contribution in [-0.2, 0) is 10.2 Å². The molecule has 3 nitrogen and oxygen atoms in total. The van der Waals surface area contributed by atoms with E-state index >= 15 is 0 Å². The van der Waals surface area contributed by atoms with Crippen LogP contribution in [0, 0.1) is 0 Å². The van der Waals surface area contributed by atoms with Crippen molar-refractivity contribution in [3.05, 3.63) is 29.8 Å². The molecule has 0 radical (unpaired) electrons. The average molecular weight is 232 g/mol. The van der Waals surface area contributed by atoms with Crippen molar-refractivity contribution in [3.8, 4) is 0 Å². The Labute approximate surface area is 103 Å². The SMILES string of the molecule is CC(=O)Nc1ccccc1C1(C)CCNCC1. The molecule has 2 N–H and O–H groups in total. The van der Waals surface area contributed by atoms with E-state index < -0.39 is 0 Å². The Balaban J connectivity index is 2.32. The fraction of sp³-hybridized carbons (Fsp3) is 0.500. The average Bonchev–Trinajstić information content (AvgIpc) is 2.30. The molecule has 1 aromatic carbocycles. The molecular weight excluding hydrogens is 212 g/mol. The highest BCUT2D eigenvalue weighted by atomic mass is 16.1. The Morgan fingerprint density at radius 3 is 2.59 bits per heavy atom. The van der Waals surface area contributed by atoms with Crippen molar-refractivity contribution in [1.29, 1.82) is 0 Å². The van der Waals surface area contributed by atoms with Gasteiger partial charge in [-0.1, -0.05) is 25.1 Å². The number of hydrogen-bond acceptors (Lipinski definition) is 2. The molecule has 0 unspecified atom stereocenters. The molecule has 0 spiro atoms. The van der Waals surface area contributed by atoms with Crippen molar-refractivity contribution in [2.75, 3.05) is 18.4 Å².